The monoisotopic (exact) mass is 288 g/mol. The molecule has 1 saturated heterocycles. The second kappa shape index (κ2) is 5.39. The van der Waals surface area contributed by atoms with Crippen molar-refractivity contribution in [2.75, 3.05) is 18.0 Å². The summed E-state index contributed by atoms with van der Waals surface area (Å²) in [7, 11) is 0. The molecule has 1 aromatic carbocycles. The predicted octanol–water partition coefficient (Wildman–Crippen LogP) is 2.35. The van der Waals surface area contributed by atoms with Crippen molar-refractivity contribution in [3.63, 3.8) is 0 Å². The number of carboxylic acids is 1. The van der Waals surface area contributed by atoms with Crippen LogP contribution in [0.5, 0.6) is 0 Å². The van der Waals surface area contributed by atoms with Gasteiger partial charge in [0, 0.05) is 25.2 Å². The molecule has 2 atom stereocenters. The molecule has 21 heavy (non-hydrogen) atoms. The number of piperidine rings is 1. The van der Waals surface area contributed by atoms with E-state index in [9.17, 15) is 14.7 Å². The van der Waals surface area contributed by atoms with Crippen LogP contribution in [-0.4, -0.2) is 41.1 Å². The lowest BCUT2D eigenvalue weighted by atomic mass is 10.0. The quantitative estimate of drug-likeness (QED) is 0.863. The van der Waals surface area contributed by atoms with Gasteiger partial charge in [-0.25, -0.2) is 9.59 Å². The van der Waals surface area contributed by atoms with Crippen molar-refractivity contribution >= 4 is 17.7 Å². The van der Waals surface area contributed by atoms with Crippen LogP contribution in [0.1, 0.15) is 25.3 Å². The molecule has 0 spiro atoms. The topological polar surface area (TPSA) is 60.9 Å². The van der Waals surface area contributed by atoms with E-state index >= 15 is 0 Å². The fraction of sp³-hybridized carbons (Fsp3) is 0.500. The Hall–Kier alpha value is -2.04. The third kappa shape index (κ3) is 2.48. The van der Waals surface area contributed by atoms with Crippen LogP contribution in [0.15, 0.2) is 24.3 Å². The Morgan fingerprint density at radius 1 is 1.29 bits per heavy atom. The average Bonchev–Trinajstić information content (AvgIpc) is 2.86. The van der Waals surface area contributed by atoms with Crippen LogP contribution in [0.2, 0.25) is 0 Å². The first-order chi connectivity index (χ1) is 10.1. The average molecular weight is 288 g/mol. The van der Waals surface area contributed by atoms with Crippen LogP contribution in [0.25, 0.3) is 0 Å². The summed E-state index contributed by atoms with van der Waals surface area (Å²) in [6.07, 6.45) is 2.50. The summed E-state index contributed by atoms with van der Waals surface area (Å²) in [5.74, 6) is -0.464. The highest BCUT2D eigenvalue weighted by atomic mass is 16.4. The molecule has 0 aliphatic carbocycles. The molecule has 1 fully saturated rings. The number of carboxylic acid groups (broad SMARTS) is 1. The summed E-state index contributed by atoms with van der Waals surface area (Å²) in [4.78, 5) is 27.6. The van der Waals surface area contributed by atoms with E-state index in [1.165, 1.54) is 4.90 Å². The molecule has 5 heteroatoms. The minimum atomic E-state index is -0.940. The molecule has 1 N–H and O–H groups in total. The van der Waals surface area contributed by atoms with Crippen LogP contribution in [0.4, 0.5) is 10.5 Å². The van der Waals surface area contributed by atoms with Crippen molar-refractivity contribution in [1.29, 1.82) is 0 Å². The van der Waals surface area contributed by atoms with Gasteiger partial charge in [-0.15, -0.1) is 0 Å². The number of rotatable bonds is 1. The van der Waals surface area contributed by atoms with Crippen molar-refractivity contribution in [3.8, 4) is 0 Å². The minimum absolute atomic E-state index is 0.168. The maximum absolute atomic E-state index is 12.8. The van der Waals surface area contributed by atoms with E-state index in [1.54, 1.807) is 4.90 Å². The molecule has 0 bridgehead atoms. The molecule has 1 unspecified atom stereocenters. The Morgan fingerprint density at radius 3 is 2.76 bits per heavy atom. The number of carbonyl (C=O) groups excluding carboxylic acids is 1. The molecule has 1 aromatic rings. The van der Waals surface area contributed by atoms with Gasteiger partial charge in [-0.3, -0.25) is 4.90 Å². The standard InChI is InChI=1S/C16H20N2O3/c1-11-5-4-8-17(10-11)16(21)18-13-7-3-2-6-12(13)9-14(18)15(19)20/h2-3,6-7,11,14H,4-5,8-10H2,1H3,(H,19,20)/t11?,14-/m0/s1. The molecule has 2 aliphatic heterocycles. The first-order valence-corrected chi connectivity index (χ1v) is 7.47. The van der Waals surface area contributed by atoms with E-state index in [0.717, 1.165) is 24.1 Å². The fourth-order valence-electron chi connectivity index (χ4n) is 3.34. The first-order valence-electron chi connectivity index (χ1n) is 7.47. The number of benzene rings is 1. The van der Waals surface area contributed by atoms with Gasteiger partial charge in [-0.1, -0.05) is 25.1 Å². The number of para-hydroxylation sites is 1. The zero-order chi connectivity index (χ0) is 15.0. The first kappa shape index (κ1) is 13.9. The zero-order valence-corrected chi connectivity index (χ0v) is 12.2. The Kier molecular flexibility index (Phi) is 3.57. The van der Waals surface area contributed by atoms with Gasteiger partial charge in [0.15, 0.2) is 0 Å². The second-order valence-corrected chi connectivity index (χ2v) is 6.03. The molecule has 0 saturated carbocycles. The third-order valence-corrected chi connectivity index (χ3v) is 4.39. The van der Waals surface area contributed by atoms with E-state index in [2.05, 4.69) is 6.92 Å². The molecule has 2 heterocycles. The van der Waals surface area contributed by atoms with Gasteiger partial charge in [0.2, 0.25) is 0 Å². The summed E-state index contributed by atoms with van der Waals surface area (Å²) in [5.41, 5.74) is 1.68. The maximum Gasteiger partial charge on any atom is 0.327 e. The number of aliphatic carboxylic acids is 1. The van der Waals surface area contributed by atoms with E-state index in [1.807, 2.05) is 24.3 Å². The molecule has 2 aliphatic rings. The lowest BCUT2D eigenvalue weighted by Gasteiger charge is -2.35. The van der Waals surface area contributed by atoms with Crippen molar-refractivity contribution in [2.24, 2.45) is 5.92 Å². The Labute approximate surface area is 124 Å². The minimum Gasteiger partial charge on any atom is -0.480 e. The highest BCUT2D eigenvalue weighted by Gasteiger charge is 2.40. The highest BCUT2D eigenvalue weighted by molar-refractivity contribution is 6.01. The number of amides is 2. The van der Waals surface area contributed by atoms with E-state index < -0.39 is 12.0 Å². The van der Waals surface area contributed by atoms with Crippen molar-refractivity contribution < 1.29 is 14.7 Å². The zero-order valence-electron chi connectivity index (χ0n) is 12.2. The van der Waals surface area contributed by atoms with Crippen LogP contribution >= 0.6 is 0 Å². The summed E-state index contributed by atoms with van der Waals surface area (Å²) in [6.45, 7) is 3.56. The lowest BCUT2D eigenvalue weighted by Crippen LogP contribution is -2.52. The normalized spacial score (nSPS) is 24.8. The van der Waals surface area contributed by atoms with Gasteiger partial charge in [-0.05, 0) is 30.4 Å². The molecule has 0 aromatic heterocycles. The van der Waals surface area contributed by atoms with Gasteiger partial charge in [-0.2, -0.15) is 0 Å². The van der Waals surface area contributed by atoms with Crippen LogP contribution < -0.4 is 4.90 Å². The Balaban J connectivity index is 1.90. The van der Waals surface area contributed by atoms with Gasteiger partial charge in [0.05, 0.1) is 0 Å². The van der Waals surface area contributed by atoms with Crippen LogP contribution in [0.3, 0.4) is 0 Å². The molecule has 0 radical (unpaired) electrons. The molecule has 2 amide bonds. The highest BCUT2D eigenvalue weighted by Crippen LogP contribution is 2.33. The summed E-state index contributed by atoms with van der Waals surface area (Å²) in [6, 6.07) is 6.52. The SMILES string of the molecule is CC1CCCN(C(=O)N2c3ccccc3C[C@H]2C(=O)O)C1. The summed E-state index contributed by atoms with van der Waals surface area (Å²) >= 11 is 0. The van der Waals surface area contributed by atoms with E-state index in [0.29, 0.717) is 25.4 Å². The Bertz CT molecular complexity index is 572. The summed E-state index contributed by atoms with van der Waals surface area (Å²) < 4.78 is 0. The van der Waals surface area contributed by atoms with Crippen molar-refractivity contribution in [3.05, 3.63) is 29.8 Å². The molecule has 5 nitrogen and oxygen atoms in total. The molecule has 3 rings (SSSR count). The number of fused-ring (bicyclic) bond motifs is 1. The lowest BCUT2D eigenvalue weighted by molar-refractivity contribution is -0.138. The number of nitrogens with zero attached hydrogens (tertiary/aromatic N) is 2. The van der Waals surface area contributed by atoms with Gasteiger partial charge in [0.25, 0.3) is 0 Å². The van der Waals surface area contributed by atoms with E-state index in [4.69, 9.17) is 0 Å². The number of hydrogen-bond acceptors (Lipinski definition) is 2. The molecular weight excluding hydrogens is 268 g/mol. The second-order valence-electron chi connectivity index (χ2n) is 6.03. The van der Waals surface area contributed by atoms with Gasteiger partial charge in [0.1, 0.15) is 6.04 Å². The number of carbonyl (C=O) groups is 2. The number of urea groups is 1. The molecular formula is C16H20N2O3. The number of likely N-dealkylation sites (tertiary alicyclic amines) is 1. The van der Waals surface area contributed by atoms with E-state index in [-0.39, 0.29) is 6.03 Å². The van der Waals surface area contributed by atoms with Gasteiger partial charge < -0.3 is 10.0 Å². The van der Waals surface area contributed by atoms with Crippen molar-refractivity contribution in [2.45, 2.75) is 32.2 Å². The predicted molar refractivity (Wildman–Crippen MR) is 79.4 cm³/mol. The smallest absolute Gasteiger partial charge is 0.327 e. The maximum atomic E-state index is 12.8. The molecule has 112 valence electrons. The Morgan fingerprint density at radius 2 is 2.05 bits per heavy atom. The van der Waals surface area contributed by atoms with Crippen molar-refractivity contribution in [1.82, 2.24) is 4.90 Å². The van der Waals surface area contributed by atoms with Gasteiger partial charge >= 0.3 is 12.0 Å². The number of hydrogen-bond donors (Lipinski definition) is 1. The van der Waals surface area contributed by atoms with Crippen LogP contribution in [-0.2, 0) is 11.2 Å². The van der Waals surface area contributed by atoms with Crippen LogP contribution in [0, 0.1) is 5.92 Å². The largest absolute Gasteiger partial charge is 0.480 e. The number of anilines is 1. The fourth-order valence-corrected chi connectivity index (χ4v) is 3.34. The summed E-state index contributed by atoms with van der Waals surface area (Å²) in [5, 5.41) is 9.44. The third-order valence-electron chi connectivity index (χ3n) is 4.39.